The van der Waals surface area contributed by atoms with Gasteiger partial charge in [-0.3, -0.25) is 4.90 Å². The summed E-state index contributed by atoms with van der Waals surface area (Å²) < 4.78 is 47.4. The van der Waals surface area contributed by atoms with Crippen molar-refractivity contribution < 1.29 is 22.7 Å². The number of alkyl halides is 3. The van der Waals surface area contributed by atoms with Gasteiger partial charge < -0.3 is 21.1 Å². The van der Waals surface area contributed by atoms with Gasteiger partial charge in [0.1, 0.15) is 0 Å². The molecule has 2 aromatic heterocycles. The predicted octanol–water partition coefficient (Wildman–Crippen LogP) is 5.59. The van der Waals surface area contributed by atoms with Gasteiger partial charge in [0.2, 0.25) is 0 Å². The maximum atomic E-state index is 13.4. The molecule has 214 valence electrons. The van der Waals surface area contributed by atoms with Crippen LogP contribution in [0.1, 0.15) is 35.6 Å². The highest BCUT2D eigenvalue weighted by molar-refractivity contribution is 6.02. The standard InChI is InChI=1S/C29H30F3N7O2/c1-38-27-25(26(33)37-38)22(15-24(35-27)18-2-3-18)17-5-8-21(9-6-17)34-28(40)36-23-14-20(29(30,31)32)7-4-19(23)16-39-10-12-41-13-11-39/h4-9,14-15,18H,2-3,10-13,16H2,1H3,(H2,33,37)(H2,34,36,40). The second-order valence-corrected chi connectivity index (χ2v) is 10.5. The van der Waals surface area contributed by atoms with Crippen molar-refractivity contribution in [3.05, 3.63) is 65.4 Å². The molecule has 9 nitrogen and oxygen atoms in total. The van der Waals surface area contributed by atoms with Crippen LogP contribution in [0.2, 0.25) is 0 Å². The number of morpholine rings is 1. The zero-order chi connectivity index (χ0) is 28.7. The molecule has 0 unspecified atom stereocenters. The Kier molecular flexibility index (Phi) is 7.04. The van der Waals surface area contributed by atoms with Crippen LogP contribution in [0.25, 0.3) is 22.2 Å². The van der Waals surface area contributed by atoms with Gasteiger partial charge in [0.05, 0.1) is 24.2 Å². The quantitative estimate of drug-likeness (QED) is 0.281. The van der Waals surface area contributed by atoms with Crippen molar-refractivity contribution in [2.45, 2.75) is 31.5 Å². The van der Waals surface area contributed by atoms with E-state index < -0.39 is 17.8 Å². The lowest BCUT2D eigenvalue weighted by Crippen LogP contribution is -2.36. The Balaban J connectivity index is 1.22. The Morgan fingerprint density at radius 2 is 1.80 bits per heavy atom. The first-order valence-corrected chi connectivity index (χ1v) is 13.5. The predicted molar refractivity (Wildman–Crippen MR) is 151 cm³/mol. The Morgan fingerprint density at radius 1 is 1.07 bits per heavy atom. The van der Waals surface area contributed by atoms with Gasteiger partial charge >= 0.3 is 12.2 Å². The number of pyridine rings is 1. The molecule has 12 heteroatoms. The number of carbonyl (C=O) groups excluding carboxylic acids is 1. The molecule has 1 saturated heterocycles. The molecule has 2 fully saturated rings. The number of hydrogen-bond donors (Lipinski definition) is 3. The number of halogens is 3. The van der Waals surface area contributed by atoms with Crippen LogP contribution in [0.15, 0.2) is 48.5 Å². The van der Waals surface area contributed by atoms with Gasteiger partial charge in [-0.2, -0.15) is 18.3 Å². The lowest BCUT2D eigenvalue weighted by Gasteiger charge is -2.27. The number of urea groups is 1. The van der Waals surface area contributed by atoms with Crippen LogP contribution in [0.4, 0.5) is 35.2 Å². The molecule has 0 spiro atoms. The zero-order valence-electron chi connectivity index (χ0n) is 22.5. The van der Waals surface area contributed by atoms with E-state index in [4.69, 9.17) is 15.5 Å². The van der Waals surface area contributed by atoms with E-state index in [0.29, 0.717) is 55.8 Å². The van der Waals surface area contributed by atoms with E-state index in [1.807, 2.05) is 19.2 Å². The molecule has 1 saturated carbocycles. The van der Waals surface area contributed by atoms with E-state index in [2.05, 4.69) is 26.7 Å². The van der Waals surface area contributed by atoms with Crippen LogP contribution in [-0.4, -0.2) is 52.0 Å². The fraction of sp³-hybridized carbons (Fsp3) is 0.345. The first-order chi connectivity index (χ1) is 19.7. The van der Waals surface area contributed by atoms with Gasteiger partial charge in [-0.05, 0) is 59.9 Å². The minimum Gasteiger partial charge on any atom is -0.382 e. The molecule has 6 rings (SSSR count). The van der Waals surface area contributed by atoms with Crippen molar-refractivity contribution in [3.8, 4) is 11.1 Å². The highest BCUT2D eigenvalue weighted by Gasteiger charge is 2.31. The molecule has 2 amide bonds. The number of benzene rings is 2. The van der Waals surface area contributed by atoms with Gasteiger partial charge in [-0.25, -0.2) is 14.5 Å². The Bertz CT molecular complexity index is 1590. The molecule has 0 atom stereocenters. The summed E-state index contributed by atoms with van der Waals surface area (Å²) in [7, 11) is 1.81. The Morgan fingerprint density at radius 3 is 2.49 bits per heavy atom. The minimum absolute atomic E-state index is 0.110. The fourth-order valence-corrected chi connectivity index (χ4v) is 5.14. The van der Waals surface area contributed by atoms with Gasteiger partial charge in [0, 0.05) is 49.7 Å². The minimum atomic E-state index is -4.53. The smallest absolute Gasteiger partial charge is 0.382 e. The maximum Gasteiger partial charge on any atom is 0.416 e. The summed E-state index contributed by atoms with van der Waals surface area (Å²) in [6.45, 7) is 2.83. The van der Waals surface area contributed by atoms with Crippen LogP contribution in [0.5, 0.6) is 0 Å². The molecular formula is C29H30F3N7O2. The van der Waals surface area contributed by atoms with Gasteiger partial charge in [0.15, 0.2) is 11.5 Å². The van der Waals surface area contributed by atoms with Crippen LogP contribution < -0.4 is 16.4 Å². The monoisotopic (exact) mass is 565 g/mol. The molecule has 4 N–H and O–H groups in total. The normalized spacial score (nSPS) is 16.2. The number of ether oxygens (including phenoxy) is 1. The summed E-state index contributed by atoms with van der Waals surface area (Å²) in [4.78, 5) is 19.8. The average molecular weight is 566 g/mol. The first kappa shape index (κ1) is 27.0. The lowest BCUT2D eigenvalue weighted by atomic mass is 10.0. The van der Waals surface area contributed by atoms with Gasteiger partial charge in [-0.1, -0.05) is 18.2 Å². The number of rotatable bonds is 6. The number of nitrogens with zero attached hydrogens (tertiary/aromatic N) is 4. The first-order valence-electron chi connectivity index (χ1n) is 13.5. The fourth-order valence-electron chi connectivity index (χ4n) is 5.14. The molecule has 41 heavy (non-hydrogen) atoms. The lowest BCUT2D eigenvalue weighted by molar-refractivity contribution is -0.137. The topological polar surface area (TPSA) is 110 Å². The Hall–Kier alpha value is -4.16. The third-order valence-corrected chi connectivity index (χ3v) is 7.47. The number of nitrogens with one attached hydrogen (secondary N) is 2. The number of amides is 2. The molecular weight excluding hydrogens is 535 g/mol. The number of aryl methyl sites for hydroxylation is 1. The number of nitrogen functional groups attached to an aromatic ring is 1. The molecule has 0 radical (unpaired) electrons. The third-order valence-electron chi connectivity index (χ3n) is 7.47. The number of anilines is 3. The summed E-state index contributed by atoms with van der Waals surface area (Å²) in [5, 5.41) is 10.5. The molecule has 4 aromatic rings. The van der Waals surface area contributed by atoms with Gasteiger partial charge in [0.25, 0.3) is 0 Å². The highest BCUT2D eigenvalue weighted by Crippen LogP contribution is 2.42. The van der Waals surface area contributed by atoms with Crippen molar-refractivity contribution in [3.63, 3.8) is 0 Å². The average Bonchev–Trinajstić information content (AvgIpc) is 3.75. The van der Waals surface area contributed by atoms with Crippen LogP contribution in [0, 0.1) is 0 Å². The summed E-state index contributed by atoms with van der Waals surface area (Å²) in [5.74, 6) is 0.825. The SMILES string of the molecule is Cn1nc(N)c2c(-c3ccc(NC(=O)Nc4cc(C(F)(F)F)ccc4CN4CCOCC4)cc3)cc(C3CC3)nc21. The number of nitrogens with two attached hydrogens (primary N) is 1. The summed E-state index contributed by atoms with van der Waals surface area (Å²) in [6.07, 6.45) is -2.33. The van der Waals surface area contributed by atoms with E-state index in [-0.39, 0.29) is 5.69 Å². The van der Waals surface area contributed by atoms with Crippen molar-refractivity contribution in [1.29, 1.82) is 0 Å². The molecule has 2 aromatic carbocycles. The largest absolute Gasteiger partial charge is 0.416 e. The maximum absolute atomic E-state index is 13.4. The molecule has 3 heterocycles. The highest BCUT2D eigenvalue weighted by atomic mass is 19.4. The second-order valence-electron chi connectivity index (χ2n) is 10.5. The molecule has 1 aliphatic carbocycles. The van der Waals surface area contributed by atoms with Crippen molar-refractivity contribution in [2.75, 3.05) is 42.7 Å². The van der Waals surface area contributed by atoms with E-state index in [1.54, 1.807) is 16.8 Å². The number of carbonyl (C=O) groups is 1. The van der Waals surface area contributed by atoms with Crippen molar-refractivity contribution in [2.24, 2.45) is 7.05 Å². The van der Waals surface area contributed by atoms with E-state index in [1.165, 1.54) is 6.07 Å². The van der Waals surface area contributed by atoms with Crippen molar-refractivity contribution >= 4 is 34.3 Å². The number of hydrogen-bond acceptors (Lipinski definition) is 6. The van der Waals surface area contributed by atoms with Crippen LogP contribution in [-0.2, 0) is 24.5 Å². The van der Waals surface area contributed by atoms with E-state index in [9.17, 15) is 18.0 Å². The number of aromatic nitrogens is 3. The van der Waals surface area contributed by atoms with E-state index >= 15 is 0 Å². The molecule has 0 bridgehead atoms. The number of fused-ring (bicyclic) bond motifs is 1. The van der Waals surface area contributed by atoms with Gasteiger partial charge in [-0.15, -0.1) is 0 Å². The summed E-state index contributed by atoms with van der Waals surface area (Å²) >= 11 is 0. The molecule has 2 aliphatic rings. The summed E-state index contributed by atoms with van der Waals surface area (Å²) in [5.41, 5.74) is 10.1. The van der Waals surface area contributed by atoms with Crippen LogP contribution >= 0.6 is 0 Å². The summed E-state index contributed by atoms with van der Waals surface area (Å²) in [6, 6.07) is 12.0. The zero-order valence-corrected chi connectivity index (χ0v) is 22.5. The third kappa shape index (κ3) is 5.84. The molecule has 1 aliphatic heterocycles. The van der Waals surface area contributed by atoms with Crippen LogP contribution in [0.3, 0.4) is 0 Å². The van der Waals surface area contributed by atoms with E-state index in [0.717, 1.165) is 52.8 Å². The second kappa shape index (κ2) is 10.7. The Labute approximate surface area is 234 Å². The van der Waals surface area contributed by atoms with Crippen molar-refractivity contribution in [1.82, 2.24) is 19.7 Å².